The first-order valence-corrected chi connectivity index (χ1v) is 11.0. The molecule has 2 aromatic rings. The fourth-order valence-corrected chi connectivity index (χ4v) is 3.86. The van der Waals surface area contributed by atoms with E-state index in [0.29, 0.717) is 5.75 Å². The van der Waals surface area contributed by atoms with Crippen molar-refractivity contribution in [1.82, 2.24) is 10.9 Å². The number of amides is 2. The molecule has 0 saturated heterocycles. The number of benzene rings is 1. The minimum Gasteiger partial charge on any atom is -0.484 e. The van der Waals surface area contributed by atoms with Crippen molar-refractivity contribution < 1.29 is 33.3 Å². The lowest BCUT2D eigenvalue weighted by atomic mass is 10.3. The first-order valence-electron chi connectivity index (χ1n) is 8.99. The van der Waals surface area contributed by atoms with Crippen LogP contribution in [-0.2, 0) is 9.53 Å². The van der Waals surface area contributed by atoms with Gasteiger partial charge in [0.1, 0.15) is 23.8 Å². The Morgan fingerprint density at radius 3 is 2.37 bits per heavy atom. The number of hydrazine groups is 1. The number of esters is 1. The summed E-state index contributed by atoms with van der Waals surface area (Å²) in [5, 5.41) is 0. The first kappa shape index (κ1) is 21.8. The smallest absolute Gasteiger partial charge is 0.352 e. The van der Waals surface area contributed by atoms with Crippen LogP contribution >= 0.6 is 23.1 Å². The molecular formula is C19H20N2O7S2. The average molecular weight is 453 g/mol. The molecule has 3 rings (SSSR count). The van der Waals surface area contributed by atoms with E-state index in [1.165, 1.54) is 0 Å². The van der Waals surface area contributed by atoms with Gasteiger partial charge in [0.05, 0.1) is 6.61 Å². The molecule has 1 aliphatic heterocycles. The maximum Gasteiger partial charge on any atom is 0.352 e. The van der Waals surface area contributed by atoms with Gasteiger partial charge in [-0.2, -0.15) is 0 Å². The van der Waals surface area contributed by atoms with Gasteiger partial charge in [-0.25, -0.2) is 4.79 Å². The van der Waals surface area contributed by atoms with E-state index >= 15 is 0 Å². The lowest BCUT2D eigenvalue weighted by Crippen LogP contribution is -2.43. The quantitative estimate of drug-likeness (QED) is 0.374. The van der Waals surface area contributed by atoms with Crippen molar-refractivity contribution in [1.29, 1.82) is 0 Å². The highest BCUT2D eigenvalue weighted by Crippen LogP contribution is 2.44. The third-order valence-electron chi connectivity index (χ3n) is 3.81. The Labute approximate surface area is 181 Å². The maximum absolute atomic E-state index is 12.5. The molecule has 0 unspecified atom stereocenters. The van der Waals surface area contributed by atoms with Gasteiger partial charge in [-0.15, -0.1) is 23.1 Å². The molecule has 0 bridgehead atoms. The Balaban J connectivity index is 1.58. The molecule has 2 heterocycles. The molecule has 0 spiro atoms. The summed E-state index contributed by atoms with van der Waals surface area (Å²) >= 11 is 2.47. The van der Waals surface area contributed by atoms with Crippen molar-refractivity contribution in [3.8, 4) is 17.2 Å². The van der Waals surface area contributed by atoms with Gasteiger partial charge in [0.2, 0.25) is 0 Å². The van der Waals surface area contributed by atoms with E-state index in [-0.39, 0.29) is 47.7 Å². The van der Waals surface area contributed by atoms with Gasteiger partial charge in [0.25, 0.3) is 11.8 Å². The van der Waals surface area contributed by atoms with Crippen molar-refractivity contribution >= 4 is 40.9 Å². The lowest BCUT2D eigenvalue weighted by Gasteiger charge is -2.16. The number of thioether (sulfide) groups is 1. The molecular weight excluding hydrogens is 432 g/mol. The maximum atomic E-state index is 12.5. The average Bonchev–Trinajstić information content (AvgIpc) is 3.16. The van der Waals surface area contributed by atoms with Crippen LogP contribution < -0.4 is 25.1 Å². The van der Waals surface area contributed by atoms with Crippen molar-refractivity contribution in [2.45, 2.75) is 11.8 Å². The SMILES string of the molecule is CCOC(=O)c1sc(C(=O)NNC(=O)COc2ccc(SC)cc2)c2c1OCCO2. The van der Waals surface area contributed by atoms with E-state index in [4.69, 9.17) is 18.9 Å². The van der Waals surface area contributed by atoms with Crippen molar-refractivity contribution in [2.24, 2.45) is 0 Å². The molecule has 9 nitrogen and oxygen atoms in total. The molecule has 160 valence electrons. The number of fused-ring (bicyclic) bond motifs is 1. The van der Waals surface area contributed by atoms with Gasteiger partial charge in [-0.1, -0.05) is 0 Å². The molecule has 0 fully saturated rings. The zero-order valence-corrected chi connectivity index (χ0v) is 17.9. The summed E-state index contributed by atoms with van der Waals surface area (Å²) in [6.07, 6.45) is 1.96. The second kappa shape index (κ2) is 10.2. The van der Waals surface area contributed by atoms with Crippen LogP contribution in [0.1, 0.15) is 26.3 Å². The number of ether oxygens (including phenoxy) is 4. The van der Waals surface area contributed by atoms with Crippen LogP contribution in [0.3, 0.4) is 0 Å². The monoisotopic (exact) mass is 452 g/mol. The molecule has 1 aliphatic rings. The normalized spacial score (nSPS) is 12.1. The number of thiophene rings is 1. The summed E-state index contributed by atoms with van der Waals surface area (Å²) in [5.74, 6) is -0.927. The number of carbonyl (C=O) groups excluding carboxylic acids is 3. The number of hydrogen-bond acceptors (Lipinski definition) is 9. The van der Waals surface area contributed by atoms with E-state index in [2.05, 4.69) is 10.9 Å². The van der Waals surface area contributed by atoms with Gasteiger partial charge < -0.3 is 18.9 Å². The predicted molar refractivity (Wildman–Crippen MR) is 111 cm³/mol. The standard InChI is InChI=1S/C19H20N2O7S2/c1-3-25-19(24)17-15-14(26-8-9-27-15)16(30-17)18(23)21-20-13(22)10-28-11-4-6-12(29-2)7-5-11/h4-7H,3,8-10H2,1-2H3,(H,20,22)(H,21,23). The third-order valence-corrected chi connectivity index (χ3v) is 5.69. The van der Waals surface area contributed by atoms with Gasteiger partial charge in [0.15, 0.2) is 23.0 Å². The van der Waals surface area contributed by atoms with Gasteiger partial charge in [-0.3, -0.25) is 20.4 Å². The number of carbonyl (C=O) groups is 3. The lowest BCUT2D eigenvalue weighted by molar-refractivity contribution is -0.123. The van der Waals surface area contributed by atoms with Crippen LogP contribution in [0, 0.1) is 0 Å². The van der Waals surface area contributed by atoms with Crippen LogP contribution in [0.25, 0.3) is 0 Å². The Morgan fingerprint density at radius 1 is 1.07 bits per heavy atom. The van der Waals surface area contributed by atoms with Crippen LogP contribution in [0.4, 0.5) is 0 Å². The first-order chi connectivity index (χ1) is 14.5. The summed E-state index contributed by atoms with van der Waals surface area (Å²) in [6, 6.07) is 7.26. The molecule has 0 atom stereocenters. The molecule has 2 amide bonds. The van der Waals surface area contributed by atoms with Gasteiger partial charge >= 0.3 is 5.97 Å². The van der Waals surface area contributed by atoms with Crippen LogP contribution in [0.5, 0.6) is 17.2 Å². The molecule has 30 heavy (non-hydrogen) atoms. The summed E-state index contributed by atoms with van der Waals surface area (Å²) < 4.78 is 21.3. The third kappa shape index (κ3) is 5.16. The highest BCUT2D eigenvalue weighted by atomic mass is 32.2. The largest absolute Gasteiger partial charge is 0.484 e. The Hall–Kier alpha value is -2.92. The summed E-state index contributed by atoms with van der Waals surface area (Å²) in [6.45, 7) is 2.07. The summed E-state index contributed by atoms with van der Waals surface area (Å²) in [5.41, 5.74) is 4.56. The number of nitrogens with one attached hydrogen (secondary N) is 2. The van der Waals surface area contributed by atoms with Crippen molar-refractivity contribution in [3.05, 3.63) is 34.0 Å². The van der Waals surface area contributed by atoms with Crippen molar-refractivity contribution in [3.63, 3.8) is 0 Å². The fraction of sp³-hybridized carbons (Fsp3) is 0.316. The predicted octanol–water partition coefficient (Wildman–Crippen LogP) is 2.26. The molecule has 2 N–H and O–H groups in total. The topological polar surface area (TPSA) is 112 Å². The van der Waals surface area contributed by atoms with E-state index in [1.807, 2.05) is 18.4 Å². The highest BCUT2D eigenvalue weighted by Gasteiger charge is 2.32. The molecule has 0 saturated carbocycles. The molecule has 0 radical (unpaired) electrons. The van der Waals surface area contributed by atoms with E-state index in [0.717, 1.165) is 16.2 Å². The minimum atomic E-state index is -0.644. The van der Waals surface area contributed by atoms with Gasteiger partial charge in [0, 0.05) is 4.90 Å². The van der Waals surface area contributed by atoms with E-state index < -0.39 is 17.8 Å². The molecule has 11 heteroatoms. The zero-order valence-electron chi connectivity index (χ0n) is 16.3. The second-order valence-electron chi connectivity index (χ2n) is 5.80. The number of rotatable bonds is 7. The van der Waals surface area contributed by atoms with Crippen molar-refractivity contribution in [2.75, 3.05) is 32.7 Å². The van der Waals surface area contributed by atoms with Crippen LogP contribution in [0.15, 0.2) is 29.2 Å². The Morgan fingerprint density at radius 2 is 1.73 bits per heavy atom. The van der Waals surface area contributed by atoms with E-state index in [9.17, 15) is 14.4 Å². The second-order valence-corrected chi connectivity index (χ2v) is 7.70. The molecule has 1 aromatic heterocycles. The van der Waals surface area contributed by atoms with Crippen LogP contribution in [0.2, 0.25) is 0 Å². The van der Waals surface area contributed by atoms with E-state index in [1.54, 1.807) is 30.8 Å². The Bertz CT molecular complexity index is 928. The zero-order chi connectivity index (χ0) is 21.5. The van der Waals surface area contributed by atoms with Gasteiger partial charge in [-0.05, 0) is 37.4 Å². The minimum absolute atomic E-state index is 0.0987. The molecule has 1 aromatic carbocycles. The highest BCUT2D eigenvalue weighted by molar-refractivity contribution is 7.98. The summed E-state index contributed by atoms with van der Waals surface area (Å²) in [4.78, 5) is 37.9. The Kier molecular flexibility index (Phi) is 7.41. The number of hydrogen-bond donors (Lipinski definition) is 2. The van der Waals surface area contributed by atoms with Crippen LogP contribution in [-0.4, -0.2) is 50.5 Å². The fourth-order valence-electron chi connectivity index (χ4n) is 2.47. The molecule has 0 aliphatic carbocycles. The summed E-state index contributed by atoms with van der Waals surface area (Å²) in [7, 11) is 0.